The van der Waals surface area contributed by atoms with E-state index in [1.54, 1.807) is 25.0 Å². The number of anilines is 2. The van der Waals surface area contributed by atoms with Gasteiger partial charge in [0.15, 0.2) is 11.5 Å². The monoisotopic (exact) mass is 420 g/mol. The molecule has 31 heavy (non-hydrogen) atoms. The minimum atomic E-state index is -0.545. The highest BCUT2D eigenvalue weighted by Crippen LogP contribution is 2.38. The van der Waals surface area contributed by atoms with E-state index < -0.39 is 6.04 Å². The molecule has 2 aromatic carbocycles. The molecule has 4 rings (SSSR count). The molecular weight excluding hydrogens is 396 g/mol. The smallest absolute Gasteiger partial charge is 0.255 e. The Morgan fingerprint density at radius 3 is 2.55 bits per heavy atom. The van der Waals surface area contributed by atoms with Crippen LogP contribution < -0.4 is 20.1 Å². The third kappa shape index (κ3) is 3.70. The van der Waals surface area contributed by atoms with Crippen LogP contribution in [0.1, 0.15) is 29.7 Å². The molecule has 1 aliphatic rings. The van der Waals surface area contributed by atoms with Gasteiger partial charge in [-0.2, -0.15) is 4.68 Å². The Morgan fingerprint density at radius 2 is 1.84 bits per heavy atom. The number of allylic oxidation sites excluding steroid dienone is 1. The molecule has 160 valence electrons. The summed E-state index contributed by atoms with van der Waals surface area (Å²) >= 11 is 0. The van der Waals surface area contributed by atoms with E-state index in [4.69, 9.17) is 9.47 Å². The lowest BCUT2D eigenvalue weighted by atomic mass is 9.94. The van der Waals surface area contributed by atoms with Crippen LogP contribution in [-0.2, 0) is 4.79 Å². The van der Waals surface area contributed by atoms with Crippen LogP contribution in [0.25, 0.3) is 0 Å². The maximum Gasteiger partial charge on any atom is 0.255 e. The zero-order valence-corrected chi connectivity index (χ0v) is 18.1. The molecular formula is C22H24N6O3. The van der Waals surface area contributed by atoms with Crippen molar-refractivity contribution in [2.45, 2.75) is 26.8 Å². The van der Waals surface area contributed by atoms with Gasteiger partial charge in [-0.15, -0.1) is 0 Å². The number of methoxy groups -OCH3 is 2. The molecule has 0 radical (unpaired) electrons. The topological polar surface area (TPSA) is 103 Å². The number of rotatable bonds is 5. The van der Waals surface area contributed by atoms with E-state index in [0.29, 0.717) is 28.7 Å². The number of carbonyl (C=O) groups is 1. The van der Waals surface area contributed by atoms with Crippen LogP contribution >= 0.6 is 0 Å². The summed E-state index contributed by atoms with van der Waals surface area (Å²) in [6, 6.07) is 10.9. The van der Waals surface area contributed by atoms with Gasteiger partial charge in [0.1, 0.15) is 6.04 Å². The van der Waals surface area contributed by atoms with Crippen LogP contribution in [0.2, 0.25) is 0 Å². The molecule has 9 nitrogen and oxygen atoms in total. The molecule has 9 heteroatoms. The lowest BCUT2D eigenvalue weighted by Gasteiger charge is -2.28. The van der Waals surface area contributed by atoms with Crippen molar-refractivity contribution in [2.24, 2.45) is 0 Å². The quantitative estimate of drug-likeness (QED) is 0.653. The second kappa shape index (κ2) is 8.10. The average molecular weight is 420 g/mol. The molecule has 3 aromatic rings. The number of aryl methyl sites for hydroxylation is 2. The highest BCUT2D eigenvalue weighted by Gasteiger charge is 2.34. The number of carbonyl (C=O) groups excluding carboxylic acids is 1. The van der Waals surface area contributed by atoms with E-state index in [-0.39, 0.29) is 5.91 Å². The minimum Gasteiger partial charge on any atom is -0.493 e. The second-order valence-electron chi connectivity index (χ2n) is 7.40. The summed E-state index contributed by atoms with van der Waals surface area (Å²) in [4.78, 5) is 13.5. The Balaban J connectivity index is 1.78. The molecule has 0 bridgehead atoms. The van der Waals surface area contributed by atoms with E-state index in [9.17, 15) is 4.79 Å². The van der Waals surface area contributed by atoms with Gasteiger partial charge in [-0.3, -0.25) is 4.79 Å². The number of hydrogen-bond donors (Lipinski definition) is 2. The zero-order chi connectivity index (χ0) is 22.1. The highest BCUT2D eigenvalue weighted by atomic mass is 16.5. The fourth-order valence-electron chi connectivity index (χ4n) is 3.78. The van der Waals surface area contributed by atoms with Crippen molar-refractivity contribution in [2.75, 3.05) is 24.9 Å². The van der Waals surface area contributed by atoms with Gasteiger partial charge < -0.3 is 20.1 Å². The normalized spacial score (nSPS) is 15.2. The van der Waals surface area contributed by atoms with Crippen LogP contribution in [0.4, 0.5) is 11.6 Å². The number of hydrogen-bond acceptors (Lipinski definition) is 7. The number of tetrazole rings is 1. The highest BCUT2D eigenvalue weighted by molar-refractivity contribution is 6.06. The molecule has 2 N–H and O–H groups in total. The predicted octanol–water partition coefficient (Wildman–Crippen LogP) is 3.23. The SMILES string of the molecule is COc1ccc([C@@H]2C(C(=O)Nc3ccc(C)cc3C)=C(C)Nc3nnnn32)cc1OC. The predicted molar refractivity (Wildman–Crippen MR) is 116 cm³/mol. The largest absolute Gasteiger partial charge is 0.493 e. The first-order chi connectivity index (χ1) is 14.9. The number of amides is 1. The molecule has 0 fully saturated rings. The van der Waals surface area contributed by atoms with E-state index in [2.05, 4.69) is 26.2 Å². The first-order valence-electron chi connectivity index (χ1n) is 9.79. The van der Waals surface area contributed by atoms with Gasteiger partial charge in [0.05, 0.1) is 19.8 Å². The van der Waals surface area contributed by atoms with Gasteiger partial charge in [0, 0.05) is 11.4 Å². The number of ether oxygens (including phenoxy) is 2. The first kappa shape index (κ1) is 20.4. The number of aromatic nitrogens is 4. The molecule has 0 saturated carbocycles. The fraction of sp³-hybridized carbons (Fsp3) is 0.273. The fourth-order valence-corrected chi connectivity index (χ4v) is 3.78. The molecule has 1 atom stereocenters. The number of nitrogens with one attached hydrogen (secondary N) is 2. The van der Waals surface area contributed by atoms with Gasteiger partial charge in [-0.25, -0.2) is 0 Å². The Hall–Kier alpha value is -3.88. The van der Waals surface area contributed by atoms with Crippen LogP contribution in [0, 0.1) is 13.8 Å². The molecule has 0 spiro atoms. The van der Waals surface area contributed by atoms with E-state index in [1.807, 2.05) is 51.1 Å². The van der Waals surface area contributed by atoms with E-state index >= 15 is 0 Å². The van der Waals surface area contributed by atoms with Gasteiger partial charge in [0.2, 0.25) is 5.95 Å². The Bertz CT molecular complexity index is 1180. The molecule has 0 saturated heterocycles. The summed E-state index contributed by atoms with van der Waals surface area (Å²) in [5.74, 6) is 1.37. The first-order valence-corrected chi connectivity index (χ1v) is 9.79. The average Bonchev–Trinajstić information content (AvgIpc) is 3.22. The van der Waals surface area contributed by atoms with Crippen LogP contribution in [0.5, 0.6) is 11.5 Å². The summed E-state index contributed by atoms with van der Waals surface area (Å²) in [6.45, 7) is 5.82. The third-order valence-electron chi connectivity index (χ3n) is 5.31. The maximum atomic E-state index is 13.5. The Morgan fingerprint density at radius 1 is 1.06 bits per heavy atom. The van der Waals surface area contributed by atoms with Crippen molar-refractivity contribution < 1.29 is 14.3 Å². The molecule has 1 aromatic heterocycles. The standard InChI is InChI=1S/C22H24N6O3/c1-12-6-8-16(13(2)10-12)24-21(29)19-14(3)23-22-25-26-27-28(22)20(19)15-7-9-17(30-4)18(11-15)31-5/h6-11,20H,1-5H3,(H,24,29)(H,23,25,27)/t20-/m1/s1. The lowest BCUT2D eigenvalue weighted by Crippen LogP contribution is -2.31. The Labute approximate surface area is 180 Å². The van der Waals surface area contributed by atoms with Crippen molar-refractivity contribution in [1.82, 2.24) is 20.2 Å². The second-order valence-corrected chi connectivity index (χ2v) is 7.40. The van der Waals surface area contributed by atoms with Gasteiger partial charge in [0.25, 0.3) is 5.91 Å². The van der Waals surface area contributed by atoms with Gasteiger partial charge in [-0.05, 0) is 60.5 Å². The zero-order valence-electron chi connectivity index (χ0n) is 18.1. The lowest BCUT2D eigenvalue weighted by molar-refractivity contribution is -0.113. The minimum absolute atomic E-state index is 0.238. The van der Waals surface area contributed by atoms with Crippen molar-refractivity contribution in [3.63, 3.8) is 0 Å². The van der Waals surface area contributed by atoms with E-state index in [1.165, 1.54) is 0 Å². The Kier molecular flexibility index (Phi) is 5.33. The number of nitrogens with zero attached hydrogens (tertiary/aromatic N) is 4. The summed E-state index contributed by atoms with van der Waals surface area (Å²) in [5, 5.41) is 18.1. The third-order valence-corrected chi connectivity index (χ3v) is 5.31. The summed E-state index contributed by atoms with van der Waals surface area (Å²) < 4.78 is 12.4. The van der Waals surface area contributed by atoms with Crippen molar-refractivity contribution in [1.29, 1.82) is 0 Å². The van der Waals surface area contributed by atoms with Crippen LogP contribution in [-0.4, -0.2) is 40.3 Å². The maximum absolute atomic E-state index is 13.5. The molecule has 2 heterocycles. The van der Waals surface area contributed by atoms with Gasteiger partial charge >= 0.3 is 0 Å². The summed E-state index contributed by atoms with van der Waals surface area (Å²) in [5.41, 5.74) is 4.84. The molecule has 0 unspecified atom stereocenters. The van der Waals surface area contributed by atoms with Crippen molar-refractivity contribution in [3.8, 4) is 11.5 Å². The van der Waals surface area contributed by atoms with Gasteiger partial charge in [-0.1, -0.05) is 28.9 Å². The summed E-state index contributed by atoms with van der Waals surface area (Å²) in [6.07, 6.45) is 0. The van der Waals surface area contributed by atoms with Crippen molar-refractivity contribution >= 4 is 17.5 Å². The summed E-state index contributed by atoms with van der Waals surface area (Å²) in [7, 11) is 3.15. The molecule has 1 amide bonds. The molecule has 0 aliphatic carbocycles. The number of fused-ring (bicyclic) bond motifs is 1. The number of benzene rings is 2. The van der Waals surface area contributed by atoms with Crippen LogP contribution in [0.15, 0.2) is 47.7 Å². The van der Waals surface area contributed by atoms with Crippen molar-refractivity contribution in [3.05, 3.63) is 64.4 Å². The van der Waals surface area contributed by atoms with Crippen LogP contribution in [0.3, 0.4) is 0 Å². The molecule has 1 aliphatic heterocycles. The van der Waals surface area contributed by atoms with E-state index in [0.717, 1.165) is 22.4 Å².